The number of hydrogen-bond acceptors (Lipinski definition) is 4. The van der Waals surface area contributed by atoms with Gasteiger partial charge in [0, 0.05) is 45.0 Å². The molecule has 1 aliphatic heterocycles. The van der Waals surface area contributed by atoms with Crippen LogP contribution in [0.4, 0.5) is 0 Å². The molecule has 2 N–H and O–H groups in total. The lowest BCUT2D eigenvalue weighted by Crippen LogP contribution is -2.53. The zero-order valence-electron chi connectivity index (χ0n) is 20.6. The molecule has 1 atom stereocenters. The van der Waals surface area contributed by atoms with Gasteiger partial charge in [-0.1, -0.05) is 86.7 Å². The second kappa shape index (κ2) is 13.1. The average Bonchev–Trinajstić information content (AvgIpc) is 2.84. The molecule has 3 rings (SSSR count). The van der Waals surface area contributed by atoms with Gasteiger partial charge in [0.15, 0.2) is 0 Å². The van der Waals surface area contributed by atoms with Crippen LogP contribution < -0.4 is 10.6 Å². The number of benzene rings is 2. The van der Waals surface area contributed by atoms with E-state index in [1.165, 1.54) is 36.8 Å². The van der Waals surface area contributed by atoms with Gasteiger partial charge in [-0.2, -0.15) is 0 Å². The maximum absolute atomic E-state index is 4.36. The van der Waals surface area contributed by atoms with Gasteiger partial charge in [-0.05, 0) is 37.3 Å². The highest BCUT2D eigenvalue weighted by molar-refractivity contribution is 5.32. The van der Waals surface area contributed by atoms with Crippen molar-refractivity contribution in [2.24, 2.45) is 0 Å². The predicted octanol–water partition coefficient (Wildman–Crippen LogP) is 5.53. The minimum Gasteiger partial charge on any atom is -0.392 e. The van der Waals surface area contributed by atoms with E-state index in [4.69, 9.17) is 0 Å². The zero-order valence-corrected chi connectivity index (χ0v) is 20.6. The van der Waals surface area contributed by atoms with Crippen molar-refractivity contribution < 1.29 is 0 Å². The highest BCUT2D eigenvalue weighted by Crippen LogP contribution is 2.31. The molecule has 1 unspecified atom stereocenters. The van der Waals surface area contributed by atoms with E-state index in [-0.39, 0.29) is 6.04 Å². The van der Waals surface area contributed by atoms with Gasteiger partial charge >= 0.3 is 0 Å². The van der Waals surface area contributed by atoms with E-state index in [2.05, 4.69) is 101 Å². The van der Waals surface area contributed by atoms with Gasteiger partial charge in [0.2, 0.25) is 0 Å². The minimum atomic E-state index is 0.289. The van der Waals surface area contributed by atoms with E-state index in [0.717, 1.165) is 44.1 Å². The number of nitrogens with zero attached hydrogens (tertiary/aromatic N) is 2. The van der Waals surface area contributed by atoms with Crippen molar-refractivity contribution in [2.45, 2.75) is 51.1 Å². The molecule has 1 heterocycles. The Morgan fingerprint density at radius 1 is 0.909 bits per heavy atom. The lowest BCUT2D eigenvalue weighted by Gasteiger charge is -2.45. The van der Waals surface area contributed by atoms with Gasteiger partial charge in [0.1, 0.15) is 0 Å². The second-order valence-corrected chi connectivity index (χ2v) is 9.15. The van der Waals surface area contributed by atoms with E-state index >= 15 is 0 Å². The summed E-state index contributed by atoms with van der Waals surface area (Å²) < 4.78 is 0. The summed E-state index contributed by atoms with van der Waals surface area (Å²) in [5, 5.41) is 6.71. The molecular weight excluding hydrogens is 404 g/mol. The third kappa shape index (κ3) is 7.40. The van der Waals surface area contributed by atoms with Gasteiger partial charge in [-0.15, -0.1) is 0 Å². The quantitative estimate of drug-likeness (QED) is 0.396. The monoisotopic (exact) mass is 446 g/mol. The summed E-state index contributed by atoms with van der Waals surface area (Å²) in [6.45, 7) is 14.7. The molecule has 0 aliphatic carbocycles. The lowest BCUT2D eigenvalue weighted by atomic mass is 9.95. The Balaban J connectivity index is 1.49. The number of allylic oxidation sites excluding steroid dienone is 1. The fourth-order valence-electron chi connectivity index (χ4n) is 4.78. The molecule has 0 spiro atoms. The number of piperazine rings is 1. The highest BCUT2D eigenvalue weighted by atomic mass is 15.3. The second-order valence-electron chi connectivity index (χ2n) is 9.15. The minimum absolute atomic E-state index is 0.289. The summed E-state index contributed by atoms with van der Waals surface area (Å²) in [7, 11) is 1.95. The van der Waals surface area contributed by atoms with Crippen molar-refractivity contribution >= 4 is 0 Å². The Morgan fingerprint density at radius 2 is 1.52 bits per heavy atom. The molecule has 0 amide bonds. The van der Waals surface area contributed by atoms with Gasteiger partial charge in [-0.3, -0.25) is 4.90 Å². The normalized spacial score (nSPS) is 16.6. The third-order valence-corrected chi connectivity index (χ3v) is 6.69. The number of unbranched alkanes of at least 4 members (excludes halogenated alkanes) is 3. The Hall–Kier alpha value is -2.72. The van der Waals surface area contributed by atoms with Crippen molar-refractivity contribution in [1.82, 2.24) is 20.4 Å². The largest absolute Gasteiger partial charge is 0.392 e. The fraction of sp³-hybridized carbons (Fsp3) is 0.448. The molecule has 0 saturated carbocycles. The molecule has 1 fully saturated rings. The third-order valence-electron chi connectivity index (χ3n) is 6.69. The predicted molar refractivity (Wildman–Crippen MR) is 141 cm³/mol. The number of rotatable bonds is 13. The molecule has 1 saturated heterocycles. The maximum atomic E-state index is 4.36. The van der Waals surface area contributed by atoms with E-state index in [1.807, 2.05) is 7.05 Å². The Morgan fingerprint density at radius 3 is 2.09 bits per heavy atom. The molecule has 2 aromatic rings. The van der Waals surface area contributed by atoms with E-state index < -0.39 is 0 Å². The van der Waals surface area contributed by atoms with Crippen LogP contribution in [0.25, 0.3) is 0 Å². The highest BCUT2D eigenvalue weighted by Gasteiger charge is 2.30. The number of nitrogens with one attached hydrogen (secondary N) is 2. The van der Waals surface area contributed by atoms with Crippen molar-refractivity contribution in [3.63, 3.8) is 0 Å². The Bertz CT molecular complexity index is 809. The first-order valence-corrected chi connectivity index (χ1v) is 12.5. The first kappa shape index (κ1) is 24.9. The van der Waals surface area contributed by atoms with Crippen LogP contribution in [-0.4, -0.2) is 49.1 Å². The topological polar surface area (TPSA) is 30.5 Å². The summed E-state index contributed by atoms with van der Waals surface area (Å²) in [5.41, 5.74) is 3.86. The molecule has 1 aliphatic rings. The standard InChI is InChI=1S/C29H42N4/c1-24(30-4)15-9-5-6-14-20-31-26(3)33-22-21-32(23-25(33)2)29(27-16-10-7-11-17-27)28-18-12-8-13-19-28/h7-8,10-13,16-19,25,29-31H,1,3,5-6,9,14-15,20-23H2,2,4H3. The SMILES string of the molecule is C=C(CCCCCCNC(=C)N1CCN(C(c2ccccc2)c2ccccc2)CC1C)NC. The summed E-state index contributed by atoms with van der Waals surface area (Å²) >= 11 is 0. The van der Waals surface area contributed by atoms with E-state index in [9.17, 15) is 0 Å². The van der Waals surface area contributed by atoms with Crippen LogP contribution in [0.3, 0.4) is 0 Å². The molecule has 4 nitrogen and oxygen atoms in total. The first-order chi connectivity index (χ1) is 16.1. The Labute approximate surface area is 201 Å². The first-order valence-electron chi connectivity index (χ1n) is 12.5. The van der Waals surface area contributed by atoms with Crippen LogP contribution in [0.5, 0.6) is 0 Å². The van der Waals surface area contributed by atoms with Gasteiger partial charge in [0.05, 0.1) is 11.9 Å². The summed E-state index contributed by atoms with van der Waals surface area (Å²) in [6, 6.07) is 22.5. The van der Waals surface area contributed by atoms with Crippen molar-refractivity contribution in [3.8, 4) is 0 Å². The fourth-order valence-corrected chi connectivity index (χ4v) is 4.78. The van der Waals surface area contributed by atoms with Crippen molar-refractivity contribution in [3.05, 3.63) is 96.5 Å². The molecule has 0 bridgehead atoms. The van der Waals surface area contributed by atoms with Crippen LogP contribution >= 0.6 is 0 Å². The van der Waals surface area contributed by atoms with Crippen LogP contribution in [-0.2, 0) is 0 Å². The molecule has 33 heavy (non-hydrogen) atoms. The van der Waals surface area contributed by atoms with Crippen LogP contribution in [0.2, 0.25) is 0 Å². The zero-order chi connectivity index (χ0) is 23.5. The average molecular weight is 447 g/mol. The van der Waals surface area contributed by atoms with Crippen molar-refractivity contribution in [1.29, 1.82) is 0 Å². The van der Waals surface area contributed by atoms with Gasteiger partial charge in [0.25, 0.3) is 0 Å². The Kier molecular flexibility index (Phi) is 9.89. The van der Waals surface area contributed by atoms with E-state index in [0.29, 0.717) is 6.04 Å². The van der Waals surface area contributed by atoms with Crippen LogP contribution in [0.15, 0.2) is 85.3 Å². The molecular formula is C29H42N4. The van der Waals surface area contributed by atoms with Crippen LogP contribution in [0.1, 0.15) is 56.2 Å². The van der Waals surface area contributed by atoms with E-state index in [1.54, 1.807) is 0 Å². The molecule has 4 heteroatoms. The van der Waals surface area contributed by atoms with Crippen LogP contribution in [0, 0.1) is 0 Å². The molecule has 0 radical (unpaired) electrons. The van der Waals surface area contributed by atoms with Gasteiger partial charge < -0.3 is 15.5 Å². The summed E-state index contributed by atoms with van der Waals surface area (Å²) in [5.74, 6) is 1.07. The summed E-state index contributed by atoms with van der Waals surface area (Å²) in [4.78, 5) is 5.07. The molecule has 178 valence electrons. The molecule has 2 aromatic carbocycles. The number of hydrogen-bond donors (Lipinski definition) is 2. The smallest absolute Gasteiger partial charge is 0.0942 e. The summed E-state index contributed by atoms with van der Waals surface area (Å²) in [6.07, 6.45) is 5.97. The van der Waals surface area contributed by atoms with Crippen molar-refractivity contribution in [2.75, 3.05) is 33.2 Å². The molecule has 0 aromatic heterocycles. The van der Waals surface area contributed by atoms with Gasteiger partial charge in [-0.25, -0.2) is 0 Å². The lowest BCUT2D eigenvalue weighted by molar-refractivity contribution is 0.0838. The maximum Gasteiger partial charge on any atom is 0.0942 e.